The Bertz CT molecular complexity index is 1090. The molecule has 8 nitrogen and oxygen atoms in total. The number of nitro benzene ring substituents is 1. The molecular formula is C20H21N5O3. The van der Waals surface area contributed by atoms with Crippen LogP contribution in [0.1, 0.15) is 37.2 Å². The van der Waals surface area contributed by atoms with E-state index in [-0.39, 0.29) is 11.2 Å². The minimum atomic E-state index is -0.471. The number of hydrogen-bond donors (Lipinski definition) is 1. The van der Waals surface area contributed by atoms with Crippen LogP contribution in [0.5, 0.6) is 0 Å². The van der Waals surface area contributed by atoms with Crippen molar-refractivity contribution in [2.24, 2.45) is 4.99 Å². The van der Waals surface area contributed by atoms with Gasteiger partial charge in [0.2, 0.25) is 0 Å². The van der Waals surface area contributed by atoms with Crippen LogP contribution in [0.3, 0.4) is 0 Å². The molecule has 2 aromatic heterocycles. The minimum Gasteiger partial charge on any atom is -0.294 e. The number of aromatic amines is 1. The van der Waals surface area contributed by atoms with Crippen LogP contribution in [-0.4, -0.2) is 25.4 Å². The van der Waals surface area contributed by atoms with Crippen LogP contribution in [0.25, 0.3) is 5.69 Å². The van der Waals surface area contributed by atoms with Gasteiger partial charge >= 0.3 is 0 Å². The van der Waals surface area contributed by atoms with E-state index in [0.29, 0.717) is 29.2 Å². The zero-order valence-electron chi connectivity index (χ0n) is 16.0. The normalized spacial score (nSPS) is 11.6. The Morgan fingerprint density at radius 2 is 1.96 bits per heavy atom. The number of aryl methyl sites for hydroxylation is 2. The van der Waals surface area contributed by atoms with E-state index in [2.05, 4.69) is 15.1 Å². The van der Waals surface area contributed by atoms with E-state index in [1.54, 1.807) is 25.1 Å². The number of aliphatic imine (C=N–C) groups is 1. The van der Waals surface area contributed by atoms with Crippen LogP contribution < -0.4 is 5.56 Å². The number of nitro groups is 1. The van der Waals surface area contributed by atoms with Crippen LogP contribution in [0.2, 0.25) is 0 Å². The lowest BCUT2D eigenvalue weighted by molar-refractivity contribution is -0.384. The van der Waals surface area contributed by atoms with E-state index in [0.717, 1.165) is 17.8 Å². The SMILES string of the molecule is CCCc1[nH]n(-c2ccc([N+](=O)[O-])cc2)c(=O)c1/C(C)=N/c1cccc(C)n1. The molecule has 0 saturated heterocycles. The third-order valence-electron chi connectivity index (χ3n) is 4.30. The van der Waals surface area contributed by atoms with Crippen molar-refractivity contribution in [1.29, 1.82) is 0 Å². The lowest BCUT2D eigenvalue weighted by Gasteiger charge is -2.01. The minimum absolute atomic E-state index is 0.0272. The van der Waals surface area contributed by atoms with Crippen LogP contribution >= 0.6 is 0 Å². The van der Waals surface area contributed by atoms with Crippen LogP contribution in [0, 0.1) is 17.0 Å². The Balaban J connectivity index is 2.08. The number of rotatable bonds is 6. The first-order valence-corrected chi connectivity index (χ1v) is 8.98. The van der Waals surface area contributed by atoms with E-state index in [1.165, 1.54) is 16.8 Å². The highest BCUT2D eigenvalue weighted by atomic mass is 16.6. The molecule has 0 spiro atoms. The molecule has 2 heterocycles. The number of pyridine rings is 1. The molecule has 0 unspecified atom stereocenters. The van der Waals surface area contributed by atoms with Gasteiger partial charge in [-0.3, -0.25) is 20.0 Å². The van der Waals surface area contributed by atoms with Gasteiger partial charge in [-0.1, -0.05) is 19.4 Å². The molecule has 3 rings (SSSR count). The number of nitrogens with one attached hydrogen (secondary N) is 1. The first-order valence-electron chi connectivity index (χ1n) is 8.98. The molecular weight excluding hydrogens is 358 g/mol. The maximum Gasteiger partial charge on any atom is 0.280 e. The van der Waals surface area contributed by atoms with Crippen molar-refractivity contribution in [2.45, 2.75) is 33.6 Å². The highest BCUT2D eigenvalue weighted by Crippen LogP contribution is 2.17. The van der Waals surface area contributed by atoms with Gasteiger partial charge in [0.05, 0.1) is 21.9 Å². The number of benzene rings is 1. The zero-order chi connectivity index (χ0) is 20.3. The lowest BCUT2D eigenvalue weighted by Crippen LogP contribution is -2.19. The number of nitrogens with zero attached hydrogens (tertiary/aromatic N) is 4. The zero-order valence-corrected chi connectivity index (χ0v) is 16.0. The van der Waals surface area contributed by atoms with Gasteiger partial charge in [-0.25, -0.2) is 14.7 Å². The van der Waals surface area contributed by atoms with E-state index >= 15 is 0 Å². The summed E-state index contributed by atoms with van der Waals surface area (Å²) >= 11 is 0. The summed E-state index contributed by atoms with van der Waals surface area (Å²) in [4.78, 5) is 32.3. The summed E-state index contributed by atoms with van der Waals surface area (Å²) in [5, 5.41) is 14.0. The van der Waals surface area contributed by atoms with Gasteiger partial charge in [0.25, 0.3) is 11.2 Å². The Morgan fingerprint density at radius 1 is 1.25 bits per heavy atom. The molecule has 0 amide bonds. The van der Waals surface area contributed by atoms with Crippen molar-refractivity contribution in [3.05, 3.63) is 79.9 Å². The second-order valence-electron chi connectivity index (χ2n) is 6.46. The Kier molecular flexibility index (Phi) is 5.49. The molecule has 1 N–H and O–H groups in total. The Hall–Kier alpha value is -3.55. The predicted octanol–water partition coefficient (Wildman–Crippen LogP) is 3.87. The van der Waals surface area contributed by atoms with Crippen LogP contribution in [0.4, 0.5) is 11.5 Å². The molecule has 0 fully saturated rings. The van der Waals surface area contributed by atoms with Crippen molar-refractivity contribution in [2.75, 3.05) is 0 Å². The monoisotopic (exact) mass is 379 g/mol. The maximum atomic E-state index is 13.1. The average molecular weight is 379 g/mol. The molecule has 28 heavy (non-hydrogen) atoms. The molecule has 0 atom stereocenters. The fourth-order valence-corrected chi connectivity index (χ4v) is 3.01. The standard InChI is InChI=1S/C20H21N5O3/c1-4-6-17-19(14(3)22-18-8-5-7-13(2)21-18)20(26)24(23-17)15-9-11-16(12-10-15)25(27)28/h5,7-12,23H,4,6H2,1-3H3/b22-14+. The third kappa shape index (κ3) is 3.90. The Labute approximate surface area is 161 Å². The number of hydrogen-bond acceptors (Lipinski definition) is 5. The first-order chi connectivity index (χ1) is 13.4. The van der Waals surface area contributed by atoms with Gasteiger partial charge in [-0.15, -0.1) is 0 Å². The summed E-state index contributed by atoms with van der Waals surface area (Å²) in [7, 11) is 0. The second kappa shape index (κ2) is 7.99. The fraction of sp³-hybridized carbons (Fsp3) is 0.250. The van der Waals surface area contributed by atoms with Crippen LogP contribution in [0.15, 0.2) is 52.3 Å². The highest BCUT2D eigenvalue weighted by Gasteiger charge is 2.18. The topological polar surface area (TPSA) is 106 Å². The van der Waals surface area contributed by atoms with E-state index < -0.39 is 4.92 Å². The lowest BCUT2D eigenvalue weighted by atomic mass is 10.1. The van der Waals surface area contributed by atoms with Gasteiger partial charge < -0.3 is 0 Å². The molecule has 0 aliphatic heterocycles. The molecule has 8 heteroatoms. The smallest absolute Gasteiger partial charge is 0.280 e. The van der Waals surface area contributed by atoms with Gasteiger partial charge in [0.1, 0.15) is 0 Å². The van der Waals surface area contributed by atoms with E-state index in [9.17, 15) is 14.9 Å². The molecule has 0 bridgehead atoms. The van der Waals surface area contributed by atoms with Crippen molar-refractivity contribution in [1.82, 2.24) is 14.8 Å². The molecule has 144 valence electrons. The number of non-ortho nitro benzene ring substituents is 1. The largest absolute Gasteiger partial charge is 0.294 e. The van der Waals surface area contributed by atoms with Gasteiger partial charge in [0, 0.05) is 23.5 Å². The van der Waals surface area contributed by atoms with Gasteiger partial charge in [-0.05, 0) is 44.5 Å². The van der Waals surface area contributed by atoms with Crippen molar-refractivity contribution >= 4 is 17.2 Å². The molecule has 0 radical (unpaired) electrons. The van der Waals surface area contributed by atoms with E-state index in [4.69, 9.17) is 0 Å². The van der Waals surface area contributed by atoms with Gasteiger partial charge in [0.15, 0.2) is 5.82 Å². The molecule has 1 aromatic carbocycles. The fourth-order valence-electron chi connectivity index (χ4n) is 3.01. The van der Waals surface area contributed by atoms with Crippen molar-refractivity contribution < 1.29 is 4.92 Å². The highest BCUT2D eigenvalue weighted by molar-refractivity contribution is 6.00. The summed E-state index contributed by atoms with van der Waals surface area (Å²) in [6.07, 6.45) is 1.53. The predicted molar refractivity (Wildman–Crippen MR) is 108 cm³/mol. The molecule has 0 saturated carbocycles. The number of aromatic nitrogens is 3. The second-order valence-corrected chi connectivity index (χ2v) is 6.46. The third-order valence-corrected chi connectivity index (χ3v) is 4.30. The van der Waals surface area contributed by atoms with Crippen molar-refractivity contribution in [3.8, 4) is 5.69 Å². The first kappa shape index (κ1) is 19.2. The van der Waals surface area contributed by atoms with Gasteiger partial charge in [-0.2, -0.15) is 0 Å². The summed E-state index contributed by atoms with van der Waals surface area (Å²) in [5.41, 5.74) is 2.96. The average Bonchev–Trinajstić information content (AvgIpc) is 2.98. The number of H-pyrrole nitrogens is 1. The summed E-state index contributed by atoms with van der Waals surface area (Å²) in [6.45, 7) is 5.70. The van der Waals surface area contributed by atoms with Crippen molar-refractivity contribution in [3.63, 3.8) is 0 Å². The summed E-state index contributed by atoms with van der Waals surface area (Å²) < 4.78 is 1.40. The molecule has 0 aliphatic rings. The van der Waals surface area contributed by atoms with Crippen LogP contribution in [-0.2, 0) is 6.42 Å². The Morgan fingerprint density at radius 3 is 2.57 bits per heavy atom. The van der Waals surface area contributed by atoms with E-state index in [1.807, 2.05) is 26.0 Å². The summed E-state index contributed by atoms with van der Waals surface area (Å²) in [6, 6.07) is 11.4. The molecule has 3 aromatic rings. The molecule has 0 aliphatic carbocycles. The summed E-state index contributed by atoms with van der Waals surface area (Å²) in [5.74, 6) is 0.544. The quantitative estimate of drug-likeness (QED) is 0.398. The maximum absolute atomic E-state index is 13.1.